The fourth-order valence-electron chi connectivity index (χ4n) is 3.84. The van der Waals surface area contributed by atoms with E-state index in [0.717, 1.165) is 24.4 Å². The molecular weight excluding hydrogens is 251 g/mol. The van der Waals surface area contributed by atoms with Crippen molar-refractivity contribution in [2.75, 3.05) is 13.1 Å². The topological polar surface area (TPSA) is 15.3 Å². The molecule has 2 aliphatic carbocycles. The van der Waals surface area contributed by atoms with Crippen molar-refractivity contribution in [2.45, 2.75) is 56.1 Å². The van der Waals surface area contributed by atoms with Crippen LogP contribution in [0.2, 0.25) is 0 Å². The van der Waals surface area contributed by atoms with Crippen molar-refractivity contribution < 1.29 is 4.39 Å². The number of likely N-dealkylation sites (tertiary alicyclic amines) is 1. The van der Waals surface area contributed by atoms with Gasteiger partial charge in [-0.15, -0.1) is 0 Å². The molecule has 2 saturated carbocycles. The van der Waals surface area contributed by atoms with Gasteiger partial charge in [0.15, 0.2) is 0 Å². The Labute approximate surface area is 120 Å². The molecule has 0 bridgehead atoms. The standard InChI is InChI=1S/C17H23FN2/c18-17-4-2-1-3-16(17)12-9-14(10-12)19-13-7-8-20(11-13)15-5-6-15/h1-4,12-15,19H,5-11H2. The van der Waals surface area contributed by atoms with Gasteiger partial charge in [0.05, 0.1) is 0 Å². The fraction of sp³-hybridized carbons (Fsp3) is 0.647. The molecule has 0 radical (unpaired) electrons. The SMILES string of the molecule is Fc1ccccc1C1CC(NC2CCN(C3CC3)C2)C1. The van der Waals surface area contributed by atoms with E-state index in [1.54, 1.807) is 12.1 Å². The summed E-state index contributed by atoms with van der Waals surface area (Å²) in [6, 6.07) is 9.42. The van der Waals surface area contributed by atoms with Crippen molar-refractivity contribution in [3.63, 3.8) is 0 Å². The average Bonchev–Trinajstić information content (AvgIpc) is 3.15. The van der Waals surface area contributed by atoms with E-state index in [1.807, 2.05) is 12.1 Å². The number of halogens is 1. The molecule has 1 heterocycles. The summed E-state index contributed by atoms with van der Waals surface area (Å²) in [7, 11) is 0. The van der Waals surface area contributed by atoms with Crippen LogP contribution >= 0.6 is 0 Å². The van der Waals surface area contributed by atoms with E-state index in [4.69, 9.17) is 0 Å². The lowest BCUT2D eigenvalue weighted by atomic mass is 9.75. The molecule has 2 nitrogen and oxygen atoms in total. The van der Waals surface area contributed by atoms with Gasteiger partial charge in [-0.2, -0.15) is 0 Å². The van der Waals surface area contributed by atoms with Crippen LogP contribution in [0.15, 0.2) is 24.3 Å². The average molecular weight is 274 g/mol. The van der Waals surface area contributed by atoms with E-state index in [9.17, 15) is 4.39 Å². The molecule has 3 fully saturated rings. The van der Waals surface area contributed by atoms with Crippen molar-refractivity contribution in [3.05, 3.63) is 35.6 Å². The van der Waals surface area contributed by atoms with Crippen LogP contribution in [-0.2, 0) is 0 Å². The van der Waals surface area contributed by atoms with Gasteiger partial charge in [0.25, 0.3) is 0 Å². The predicted molar refractivity (Wildman–Crippen MR) is 78.3 cm³/mol. The maximum atomic E-state index is 13.7. The lowest BCUT2D eigenvalue weighted by Crippen LogP contribution is -2.46. The highest BCUT2D eigenvalue weighted by atomic mass is 19.1. The Kier molecular flexibility index (Phi) is 3.27. The number of rotatable bonds is 4. The number of nitrogens with zero attached hydrogens (tertiary/aromatic N) is 1. The normalized spacial score (nSPS) is 34.1. The van der Waals surface area contributed by atoms with E-state index in [-0.39, 0.29) is 5.82 Å². The Hall–Kier alpha value is -0.930. The van der Waals surface area contributed by atoms with Crippen molar-refractivity contribution in [2.24, 2.45) is 0 Å². The molecule has 0 spiro atoms. The second-order valence-electron chi connectivity index (χ2n) is 6.77. The van der Waals surface area contributed by atoms with Crippen LogP contribution in [0.5, 0.6) is 0 Å². The molecule has 1 aromatic rings. The van der Waals surface area contributed by atoms with Crippen molar-refractivity contribution in [3.8, 4) is 0 Å². The quantitative estimate of drug-likeness (QED) is 0.908. The Bertz CT molecular complexity index is 480. The van der Waals surface area contributed by atoms with Crippen LogP contribution in [-0.4, -0.2) is 36.1 Å². The van der Waals surface area contributed by atoms with Gasteiger partial charge < -0.3 is 5.32 Å². The Morgan fingerprint density at radius 2 is 1.85 bits per heavy atom. The second-order valence-corrected chi connectivity index (χ2v) is 6.77. The highest BCUT2D eigenvalue weighted by Crippen LogP contribution is 2.38. The Balaban J connectivity index is 1.26. The summed E-state index contributed by atoms with van der Waals surface area (Å²) in [5.74, 6) is 0.395. The zero-order valence-electron chi connectivity index (χ0n) is 11.9. The third-order valence-corrected chi connectivity index (χ3v) is 5.24. The molecule has 0 amide bonds. The largest absolute Gasteiger partial charge is 0.310 e. The number of nitrogens with one attached hydrogen (secondary N) is 1. The van der Waals surface area contributed by atoms with Gasteiger partial charge in [-0.05, 0) is 49.7 Å². The first-order valence-corrected chi connectivity index (χ1v) is 8.04. The summed E-state index contributed by atoms with van der Waals surface area (Å²) in [5, 5.41) is 3.78. The van der Waals surface area contributed by atoms with Crippen LogP contribution in [0.25, 0.3) is 0 Å². The van der Waals surface area contributed by atoms with E-state index < -0.39 is 0 Å². The molecule has 3 aliphatic rings. The smallest absolute Gasteiger partial charge is 0.126 e. The van der Waals surface area contributed by atoms with Crippen LogP contribution in [0.4, 0.5) is 4.39 Å². The summed E-state index contributed by atoms with van der Waals surface area (Å²) in [6.45, 7) is 2.50. The highest BCUT2D eigenvalue weighted by Gasteiger charge is 2.37. The number of benzene rings is 1. The summed E-state index contributed by atoms with van der Waals surface area (Å²) in [4.78, 5) is 2.64. The van der Waals surface area contributed by atoms with Crippen molar-refractivity contribution in [1.82, 2.24) is 10.2 Å². The summed E-state index contributed by atoms with van der Waals surface area (Å²) in [5.41, 5.74) is 0.913. The maximum absolute atomic E-state index is 13.7. The monoisotopic (exact) mass is 274 g/mol. The molecule has 1 aliphatic heterocycles. The van der Waals surface area contributed by atoms with Gasteiger partial charge >= 0.3 is 0 Å². The van der Waals surface area contributed by atoms with E-state index in [2.05, 4.69) is 10.2 Å². The van der Waals surface area contributed by atoms with Gasteiger partial charge in [0.2, 0.25) is 0 Å². The minimum Gasteiger partial charge on any atom is -0.310 e. The summed E-state index contributed by atoms with van der Waals surface area (Å²) in [6.07, 6.45) is 6.30. The lowest BCUT2D eigenvalue weighted by Gasteiger charge is -2.38. The first kappa shape index (κ1) is 12.8. The fourth-order valence-corrected chi connectivity index (χ4v) is 3.84. The molecule has 1 unspecified atom stereocenters. The van der Waals surface area contributed by atoms with Crippen LogP contribution < -0.4 is 5.32 Å². The van der Waals surface area contributed by atoms with E-state index >= 15 is 0 Å². The number of hydrogen-bond acceptors (Lipinski definition) is 2. The lowest BCUT2D eigenvalue weighted by molar-refractivity contribution is 0.251. The molecule has 3 heteroatoms. The minimum absolute atomic E-state index is 0.0308. The third-order valence-electron chi connectivity index (χ3n) is 5.24. The van der Waals surface area contributed by atoms with Crippen molar-refractivity contribution in [1.29, 1.82) is 0 Å². The molecule has 108 valence electrons. The third kappa shape index (κ3) is 2.49. The number of hydrogen-bond donors (Lipinski definition) is 1. The zero-order chi connectivity index (χ0) is 13.5. The molecule has 1 N–H and O–H groups in total. The molecule has 1 saturated heterocycles. The van der Waals surface area contributed by atoms with Gasteiger partial charge in [-0.1, -0.05) is 18.2 Å². The van der Waals surface area contributed by atoms with Crippen LogP contribution in [0.1, 0.15) is 43.6 Å². The maximum Gasteiger partial charge on any atom is 0.126 e. The summed E-state index contributed by atoms with van der Waals surface area (Å²) >= 11 is 0. The van der Waals surface area contributed by atoms with Crippen LogP contribution in [0, 0.1) is 5.82 Å². The summed E-state index contributed by atoms with van der Waals surface area (Å²) < 4.78 is 13.7. The van der Waals surface area contributed by atoms with Gasteiger partial charge in [-0.25, -0.2) is 4.39 Å². The molecule has 4 rings (SSSR count). The predicted octanol–water partition coefficient (Wildman–Crippen LogP) is 2.90. The second kappa shape index (κ2) is 5.12. The van der Waals surface area contributed by atoms with E-state index in [0.29, 0.717) is 18.0 Å². The van der Waals surface area contributed by atoms with Gasteiger partial charge in [-0.3, -0.25) is 4.90 Å². The molecule has 0 aromatic heterocycles. The molecule has 1 aromatic carbocycles. The van der Waals surface area contributed by atoms with E-state index in [1.165, 1.54) is 32.4 Å². The highest BCUT2D eigenvalue weighted by molar-refractivity contribution is 5.24. The Morgan fingerprint density at radius 1 is 1.05 bits per heavy atom. The van der Waals surface area contributed by atoms with Gasteiger partial charge in [0.1, 0.15) is 5.82 Å². The molecule has 1 atom stereocenters. The zero-order valence-corrected chi connectivity index (χ0v) is 11.9. The van der Waals surface area contributed by atoms with Crippen LogP contribution in [0.3, 0.4) is 0 Å². The minimum atomic E-state index is -0.0308. The van der Waals surface area contributed by atoms with Gasteiger partial charge in [0, 0.05) is 31.2 Å². The molecule has 20 heavy (non-hydrogen) atoms. The first-order valence-electron chi connectivity index (χ1n) is 8.04. The Morgan fingerprint density at radius 3 is 2.60 bits per heavy atom. The molecular formula is C17H23FN2. The van der Waals surface area contributed by atoms with Crippen molar-refractivity contribution >= 4 is 0 Å². The first-order chi connectivity index (χ1) is 9.79.